The highest BCUT2D eigenvalue weighted by Gasteiger charge is 1.88. The highest BCUT2D eigenvalue weighted by atomic mass is 16.3. The molecule has 0 aliphatic rings. The summed E-state index contributed by atoms with van der Waals surface area (Å²) in [6.45, 7) is 5.74. The van der Waals surface area contributed by atoms with Gasteiger partial charge in [-0.25, -0.2) is 0 Å². The second-order valence-electron chi connectivity index (χ2n) is 1.77. The van der Waals surface area contributed by atoms with Crippen molar-refractivity contribution in [3.05, 3.63) is 12.2 Å². The van der Waals surface area contributed by atoms with E-state index in [1.54, 1.807) is 6.92 Å². The number of amidine groups is 1. The molecule has 0 fully saturated rings. The van der Waals surface area contributed by atoms with Gasteiger partial charge in [0.1, 0.15) is 5.84 Å². The van der Waals surface area contributed by atoms with Crippen LogP contribution in [-0.4, -0.2) is 24.1 Å². The molecule has 0 bridgehead atoms. The van der Waals surface area contributed by atoms with E-state index in [4.69, 9.17) is 10.8 Å². The number of aliphatic hydroxyl groups excluding tert-OH is 1. The highest BCUT2D eigenvalue weighted by Crippen LogP contribution is 1.85. The molecule has 0 rings (SSSR count). The van der Waals surface area contributed by atoms with Crippen LogP contribution in [-0.2, 0) is 0 Å². The monoisotopic (exact) mass is 128 g/mol. The van der Waals surface area contributed by atoms with Crippen LogP contribution >= 0.6 is 0 Å². The van der Waals surface area contributed by atoms with E-state index in [0.29, 0.717) is 12.4 Å². The van der Waals surface area contributed by atoms with Gasteiger partial charge in [-0.05, 0) is 12.5 Å². The molecule has 0 amide bonds. The van der Waals surface area contributed by atoms with Gasteiger partial charge in [0.05, 0.1) is 13.2 Å². The van der Waals surface area contributed by atoms with E-state index >= 15 is 0 Å². The van der Waals surface area contributed by atoms with Crippen molar-refractivity contribution in [3.63, 3.8) is 0 Å². The Kier molecular flexibility index (Phi) is 3.71. The molecule has 9 heavy (non-hydrogen) atoms. The highest BCUT2D eigenvalue weighted by molar-refractivity contribution is 5.95. The molecule has 3 nitrogen and oxygen atoms in total. The van der Waals surface area contributed by atoms with Crippen molar-refractivity contribution in [2.24, 2.45) is 10.7 Å². The van der Waals surface area contributed by atoms with Crippen molar-refractivity contribution >= 4 is 5.84 Å². The van der Waals surface area contributed by atoms with Crippen LogP contribution in [0.15, 0.2) is 17.1 Å². The molecule has 0 spiro atoms. The zero-order chi connectivity index (χ0) is 7.28. The van der Waals surface area contributed by atoms with Crippen LogP contribution in [0.3, 0.4) is 0 Å². The van der Waals surface area contributed by atoms with E-state index in [-0.39, 0.29) is 6.61 Å². The molecular weight excluding hydrogens is 116 g/mol. The van der Waals surface area contributed by atoms with Crippen LogP contribution in [0, 0.1) is 0 Å². The SMILES string of the molecule is C=C(C)C(N)=NCCO. The number of rotatable bonds is 3. The standard InChI is InChI=1S/C6H12N2O/c1-5(2)6(7)8-3-4-9/h9H,1,3-4H2,2H3,(H2,7,8). The second-order valence-corrected chi connectivity index (χ2v) is 1.77. The maximum Gasteiger partial charge on any atom is 0.120 e. The molecule has 0 saturated heterocycles. The molecule has 0 atom stereocenters. The van der Waals surface area contributed by atoms with Gasteiger partial charge in [-0.15, -0.1) is 0 Å². The van der Waals surface area contributed by atoms with Crippen molar-refractivity contribution in [2.75, 3.05) is 13.2 Å². The van der Waals surface area contributed by atoms with Crippen molar-refractivity contribution < 1.29 is 5.11 Å². The Morgan fingerprint density at radius 2 is 2.33 bits per heavy atom. The number of nitrogens with zero attached hydrogens (tertiary/aromatic N) is 1. The lowest BCUT2D eigenvalue weighted by Crippen LogP contribution is -2.13. The Balaban J connectivity index is 3.69. The molecule has 0 aliphatic heterocycles. The van der Waals surface area contributed by atoms with E-state index < -0.39 is 0 Å². The second kappa shape index (κ2) is 4.09. The Hall–Kier alpha value is -0.830. The number of aliphatic hydroxyl groups is 1. The van der Waals surface area contributed by atoms with Gasteiger partial charge < -0.3 is 10.8 Å². The third kappa shape index (κ3) is 3.73. The molecule has 3 heteroatoms. The summed E-state index contributed by atoms with van der Waals surface area (Å²) in [4.78, 5) is 3.79. The Morgan fingerprint density at radius 3 is 2.67 bits per heavy atom. The third-order valence-electron chi connectivity index (χ3n) is 0.819. The molecule has 0 aliphatic carbocycles. The predicted molar refractivity (Wildman–Crippen MR) is 38.4 cm³/mol. The molecule has 3 N–H and O–H groups in total. The minimum absolute atomic E-state index is 0.0357. The minimum Gasteiger partial charge on any atom is -0.394 e. The molecule has 0 unspecified atom stereocenters. The zero-order valence-electron chi connectivity index (χ0n) is 5.59. The molecular formula is C6H12N2O. The quantitative estimate of drug-likeness (QED) is 0.412. The van der Waals surface area contributed by atoms with E-state index in [0.717, 1.165) is 5.57 Å². The lowest BCUT2D eigenvalue weighted by atomic mass is 10.3. The Morgan fingerprint density at radius 1 is 1.78 bits per heavy atom. The Bertz CT molecular complexity index is 129. The summed E-state index contributed by atoms with van der Waals surface area (Å²) in [7, 11) is 0. The summed E-state index contributed by atoms with van der Waals surface area (Å²) in [5.74, 6) is 0.420. The van der Waals surface area contributed by atoms with Crippen molar-refractivity contribution in [3.8, 4) is 0 Å². The van der Waals surface area contributed by atoms with Gasteiger partial charge in [0.2, 0.25) is 0 Å². The summed E-state index contributed by atoms with van der Waals surface area (Å²) < 4.78 is 0. The first-order valence-electron chi connectivity index (χ1n) is 2.75. The van der Waals surface area contributed by atoms with Crippen molar-refractivity contribution in [1.82, 2.24) is 0 Å². The van der Waals surface area contributed by atoms with Crippen LogP contribution < -0.4 is 5.73 Å². The van der Waals surface area contributed by atoms with E-state index in [2.05, 4.69) is 11.6 Å². The normalized spacial score (nSPS) is 11.6. The summed E-state index contributed by atoms with van der Waals surface area (Å²) >= 11 is 0. The van der Waals surface area contributed by atoms with Gasteiger partial charge in [-0.1, -0.05) is 6.58 Å². The molecule has 0 heterocycles. The fraction of sp³-hybridized carbons (Fsp3) is 0.500. The van der Waals surface area contributed by atoms with Crippen LogP contribution in [0.4, 0.5) is 0 Å². The van der Waals surface area contributed by atoms with Crippen LogP contribution in [0.25, 0.3) is 0 Å². The maximum absolute atomic E-state index is 8.30. The van der Waals surface area contributed by atoms with Gasteiger partial charge in [0.25, 0.3) is 0 Å². The van der Waals surface area contributed by atoms with E-state index in [1.165, 1.54) is 0 Å². The van der Waals surface area contributed by atoms with Crippen LogP contribution in [0.2, 0.25) is 0 Å². The number of nitrogens with two attached hydrogens (primary N) is 1. The minimum atomic E-state index is 0.0357. The fourth-order valence-corrected chi connectivity index (χ4v) is 0.305. The van der Waals surface area contributed by atoms with E-state index in [1.807, 2.05) is 0 Å². The molecule has 0 aromatic rings. The molecule has 0 aromatic heterocycles. The van der Waals surface area contributed by atoms with Gasteiger partial charge >= 0.3 is 0 Å². The largest absolute Gasteiger partial charge is 0.394 e. The van der Waals surface area contributed by atoms with Gasteiger partial charge in [0.15, 0.2) is 0 Å². The molecule has 0 saturated carbocycles. The fourth-order valence-electron chi connectivity index (χ4n) is 0.305. The third-order valence-corrected chi connectivity index (χ3v) is 0.819. The van der Waals surface area contributed by atoms with Crippen LogP contribution in [0.5, 0.6) is 0 Å². The van der Waals surface area contributed by atoms with Crippen molar-refractivity contribution in [1.29, 1.82) is 0 Å². The lowest BCUT2D eigenvalue weighted by Gasteiger charge is -1.95. The molecule has 0 aromatic carbocycles. The summed E-state index contributed by atoms with van der Waals surface area (Å²) in [5, 5.41) is 8.30. The summed E-state index contributed by atoms with van der Waals surface area (Å²) in [5.41, 5.74) is 6.08. The Labute approximate surface area is 54.9 Å². The summed E-state index contributed by atoms with van der Waals surface area (Å²) in [6.07, 6.45) is 0. The maximum atomic E-state index is 8.30. The smallest absolute Gasteiger partial charge is 0.120 e. The summed E-state index contributed by atoms with van der Waals surface area (Å²) in [6, 6.07) is 0. The first-order chi connectivity index (χ1) is 4.18. The average molecular weight is 128 g/mol. The van der Waals surface area contributed by atoms with Crippen LogP contribution in [0.1, 0.15) is 6.92 Å². The molecule has 0 radical (unpaired) electrons. The topological polar surface area (TPSA) is 58.6 Å². The number of aliphatic imine (C=N–C) groups is 1. The lowest BCUT2D eigenvalue weighted by molar-refractivity contribution is 0.307. The predicted octanol–water partition coefficient (Wildman–Crippen LogP) is -0.0880. The van der Waals surface area contributed by atoms with E-state index in [9.17, 15) is 0 Å². The molecule has 52 valence electrons. The van der Waals surface area contributed by atoms with Crippen molar-refractivity contribution in [2.45, 2.75) is 6.92 Å². The van der Waals surface area contributed by atoms with Gasteiger partial charge in [-0.2, -0.15) is 0 Å². The van der Waals surface area contributed by atoms with Gasteiger partial charge in [-0.3, -0.25) is 4.99 Å². The first-order valence-corrected chi connectivity index (χ1v) is 2.75. The zero-order valence-corrected chi connectivity index (χ0v) is 5.59. The number of hydrogen-bond donors (Lipinski definition) is 2. The first kappa shape index (κ1) is 8.17. The average Bonchev–Trinajstić information content (AvgIpc) is 1.82. The number of hydrogen-bond acceptors (Lipinski definition) is 2. The van der Waals surface area contributed by atoms with Gasteiger partial charge in [0, 0.05) is 0 Å².